The van der Waals surface area contributed by atoms with Crippen LogP contribution in [-0.2, 0) is 23.8 Å². The number of aromatic nitrogens is 2. The van der Waals surface area contributed by atoms with Gasteiger partial charge in [-0.05, 0) is 29.8 Å². The maximum atomic E-state index is 13.3. The van der Waals surface area contributed by atoms with Gasteiger partial charge in [0.15, 0.2) is 12.3 Å². The molecule has 0 unspecified atom stereocenters. The van der Waals surface area contributed by atoms with Crippen LogP contribution >= 0.6 is 15.9 Å². The summed E-state index contributed by atoms with van der Waals surface area (Å²) in [6.07, 6.45) is -1.26. The van der Waals surface area contributed by atoms with Crippen molar-refractivity contribution in [3.8, 4) is 16.9 Å². The number of halogens is 1. The van der Waals surface area contributed by atoms with Crippen molar-refractivity contribution >= 4 is 39.6 Å². The highest BCUT2D eigenvalue weighted by atomic mass is 79.9. The molecule has 1 aliphatic rings. The van der Waals surface area contributed by atoms with E-state index in [-0.39, 0.29) is 12.4 Å². The lowest BCUT2D eigenvalue weighted by Crippen LogP contribution is -2.37. The first-order chi connectivity index (χ1) is 18.7. The summed E-state index contributed by atoms with van der Waals surface area (Å²) in [5.74, 6) is -0.937. The number of carbonyl (C=O) groups excluding carboxylic acids is 3. The monoisotopic (exact) mass is 599 g/mol. The summed E-state index contributed by atoms with van der Waals surface area (Å²) in [5.41, 5.74) is 0.675. The number of rotatable bonds is 8. The predicted octanol–water partition coefficient (Wildman–Crippen LogP) is 3.33. The minimum atomic E-state index is -1.09. The molecular weight excluding hydrogens is 574 g/mol. The number of esters is 2. The number of anilines is 1. The number of methoxy groups -OCH3 is 1. The van der Waals surface area contributed by atoms with Crippen LogP contribution in [0.2, 0.25) is 0 Å². The van der Waals surface area contributed by atoms with Crippen LogP contribution in [0.3, 0.4) is 0 Å². The molecule has 11 nitrogen and oxygen atoms in total. The average Bonchev–Trinajstić information content (AvgIpc) is 3.22. The highest BCUT2D eigenvalue weighted by molar-refractivity contribution is 9.09. The van der Waals surface area contributed by atoms with E-state index in [0.29, 0.717) is 22.4 Å². The Labute approximate surface area is 232 Å². The normalized spacial score (nSPS) is 20.2. The molecule has 1 aromatic heterocycles. The number of ether oxygens (including phenoxy) is 4. The summed E-state index contributed by atoms with van der Waals surface area (Å²) < 4.78 is 22.9. The summed E-state index contributed by atoms with van der Waals surface area (Å²) in [5, 5.41) is 2.72. The van der Waals surface area contributed by atoms with Crippen molar-refractivity contribution < 1.29 is 33.3 Å². The highest BCUT2D eigenvalue weighted by Crippen LogP contribution is 2.37. The van der Waals surface area contributed by atoms with Crippen LogP contribution in [0.4, 0.5) is 5.82 Å². The Morgan fingerprint density at radius 1 is 1.05 bits per heavy atom. The van der Waals surface area contributed by atoms with Gasteiger partial charge in [0.25, 0.3) is 5.91 Å². The van der Waals surface area contributed by atoms with E-state index in [2.05, 4.69) is 26.2 Å². The number of benzene rings is 2. The topological polar surface area (TPSA) is 135 Å². The fraction of sp³-hybridized carbons (Fsp3) is 0.296. The van der Waals surface area contributed by atoms with Crippen molar-refractivity contribution in [2.24, 2.45) is 0 Å². The number of amides is 1. The van der Waals surface area contributed by atoms with Gasteiger partial charge in [-0.2, -0.15) is 4.98 Å². The van der Waals surface area contributed by atoms with E-state index in [9.17, 15) is 19.2 Å². The van der Waals surface area contributed by atoms with Crippen LogP contribution in [0.5, 0.6) is 5.75 Å². The van der Waals surface area contributed by atoms with Crippen molar-refractivity contribution in [3.63, 3.8) is 0 Å². The van der Waals surface area contributed by atoms with Gasteiger partial charge in [-0.15, -0.1) is 0 Å². The molecule has 1 aliphatic heterocycles. The number of hydrogen-bond acceptors (Lipinski definition) is 9. The second kappa shape index (κ2) is 12.2. The number of hydrogen-bond donors (Lipinski definition) is 1. The molecule has 0 spiro atoms. The summed E-state index contributed by atoms with van der Waals surface area (Å²) in [7, 11) is 1.52. The lowest BCUT2D eigenvalue weighted by molar-refractivity contribution is -0.153. The molecule has 3 aromatic rings. The predicted molar refractivity (Wildman–Crippen MR) is 144 cm³/mol. The first-order valence-electron chi connectivity index (χ1n) is 11.9. The van der Waals surface area contributed by atoms with Gasteiger partial charge >= 0.3 is 17.6 Å². The van der Waals surface area contributed by atoms with Crippen molar-refractivity contribution in [1.29, 1.82) is 0 Å². The van der Waals surface area contributed by atoms with E-state index in [4.69, 9.17) is 18.9 Å². The lowest BCUT2D eigenvalue weighted by Gasteiger charge is -2.23. The summed E-state index contributed by atoms with van der Waals surface area (Å²) in [4.78, 5) is 53.1. The van der Waals surface area contributed by atoms with Gasteiger partial charge in [-0.3, -0.25) is 19.0 Å². The molecule has 12 heteroatoms. The fourth-order valence-electron chi connectivity index (χ4n) is 4.07. The molecule has 1 saturated heterocycles. The molecule has 0 aliphatic carbocycles. The van der Waals surface area contributed by atoms with Gasteiger partial charge in [0.05, 0.1) is 11.9 Å². The van der Waals surface area contributed by atoms with Crippen molar-refractivity contribution in [1.82, 2.24) is 9.55 Å². The Hall–Kier alpha value is -4.03. The molecule has 4 rings (SSSR count). The number of nitrogens with one attached hydrogen (secondary N) is 1. The standard InChI is InChI=1S/C27H26BrN3O8/c1-15(32)37-14-21-22(28)23(38-16(2)33)26(39-21)31-13-20(17-7-5-4-6-8-17)24(30-27(31)35)29-25(34)18-9-11-19(36-3)12-10-18/h4-13,21-23,26H,14H2,1-3H3,(H,29,30,34,35)/t21-,22+,23-,26-/m1/s1. The number of alkyl halides is 1. The second-order valence-corrected chi connectivity index (χ2v) is 9.69. The molecule has 0 bridgehead atoms. The van der Waals surface area contributed by atoms with Gasteiger partial charge < -0.3 is 24.3 Å². The van der Waals surface area contributed by atoms with Crippen LogP contribution < -0.4 is 15.7 Å². The highest BCUT2D eigenvalue weighted by Gasteiger charge is 2.47. The maximum absolute atomic E-state index is 13.3. The summed E-state index contributed by atoms with van der Waals surface area (Å²) in [6.45, 7) is 2.38. The fourth-order valence-corrected chi connectivity index (χ4v) is 4.71. The number of carbonyl (C=O) groups is 3. The SMILES string of the molecule is COc1ccc(C(=O)Nc2nc(=O)n([C@@H]3O[C@H](COC(C)=O)[C@H](Br)[C@H]3OC(C)=O)cc2-c2ccccc2)cc1. The third kappa shape index (κ3) is 6.52. The zero-order valence-corrected chi connectivity index (χ0v) is 22.9. The minimum Gasteiger partial charge on any atom is -0.497 e. The summed E-state index contributed by atoms with van der Waals surface area (Å²) >= 11 is 3.46. The molecule has 0 radical (unpaired) electrons. The lowest BCUT2D eigenvalue weighted by atomic mass is 10.1. The Morgan fingerprint density at radius 2 is 1.74 bits per heavy atom. The van der Waals surface area contributed by atoms with E-state index in [0.717, 1.165) is 0 Å². The third-order valence-corrected chi connectivity index (χ3v) is 7.02. The molecule has 0 saturated carbocycles. The van der Waals surface area contributed by atoms with Crippen molar-refractivity contribution in [2.45, 2.75) is 37.1 Å². The van der Waals surface area contributed by atoms with Gasteiger partial charge in [-0.1, -0.05) is 46.3 Å². The van der Waals surface area contributed by atoms with Crippen LogP contribution in [0, 0.1) is 0 Å². The zero-order valence-electron chi connectivity index (χ0n) is 21.3. The minimum absolute atomic E-state index is 0.0390. The average molecular weight is 600 g/mol. The molecule has 1 fully saturated rings. The van der Waals surface area contributed by atoms with Crippen molar-refractivity contribution in [2.75, 3.05) is 19.0 Å². The first-order valence-corrected chi connectivity index (χ1v) is 12.8. The van der Waals surface area contributed by atoms with Crippen LogP contribution in [0.15, 0.2) is 65.6 Å². The van der Waals surface area contributed by atoms with E-state index in [1.54, 1.807) is 48.5 Å². The Balaban J connectivity index is 1.74. The molecule has 2 heterocycles. The Morgan fingerprint density at radius 3 is 2.36 bits per heavy atom. The van der Waals surface area contributed by atoms with Gasteiger partial charge in [0.2, 0.25) is 0 Å². The van der Waals surface area contributed by atoms with Crippen LogP contribution in [0.25, 0.3) is 11.1 Å². The first kappa shape index (κ1) is 28.0. The molecule has 39 heavy (non-hydrogen) atoms. The smallest absolute Gasteiger partial charge is 0.351 e. The van der Waals surface area contributed by atoms with E-state index in [1.807, 2.05) is 6.07 Å². The summed E-state index contributed by atoms with van der Waals surface area (Å²) in [6, 6.07) is 15.5. The van der Waals surface area contributed by atoms with Gasteiger partial charge in [0.1, 0.15) is 24.3 Å². The third-order valence-electron chi connectivity index (χ3n) is 5.91. The molecule has 1 amide bonds. The van der Waals surface area contributed by atoms with E-state index < -0.39 is 46.8 Å². The van der Waals surface area contributed by atoms with Crippen LogP contribution in [0.1, 0.15) is 30.4 Å². The molecule has 4 atom stereocenters. The van der Waals surface area contributed by atoms with Gasteiger partial charge in [0, 0.05) is 31.2 Å². The largest absolute Gasteiger partial charge is 0.497 e. The molecule has 2 aromatic carbocycles. The molecule has 204 valence electrons. The zero-order chi connectivity index (χ0) is 28.1. The number of nitrogens with zero attached hydrogens (tertiary/aromatic N) is 2. The Kier molecular flexibility index (Phi) is 8.77. The van der Waals surface area contributed by atoms with Crippen LogP contribution in [-0.4, -0.2) is 58.1 Å². The Bertz CT molecular complexity index is 1410. The van der Waals surface area contributed by atoms with Crippen molar-refractivity contribution in [3.05, 3.63) is 76.8 Å². The quantitative estimate of drug-likeness (QED) is 0.305. The molecular formula is C27H26BrN3O8. The van der Waals surface area contributed by atoms with E-state index in [1.165, 1.54) is 31.7 Å². The maximum Gasteiger partial charge on any atom is 0.351 e. The van der Waals surface area contributed by atoms with E-state index >= 15 is 0 Å². The van der Waals surface area contributed by atoms with Gasteiger partial charge in [-0.25, -0.2) is 4.79 Å². The molecule has 1 N–H and O–H groups in total. The second-order valence-electron chi connectivity index (χ2n) is 8.63.